The second kappa shape index (κ2) is 7.68. The maximum atomic E-state index is 4.70. The molecule has 3 rings (SSSR count). The maximum absolute atomic E-state index is 4.70. The van der Waals surface area contributed by atoms with E-state index in [0.29, 0.717) is 6.04 Å². The molecule has 0 aliphatic heterocycles. The molecular formula is C20H27N5S. The van der Waals surface area contributed by atoms with E-state index < -0.39 is 0 Å². The first-order valence-corrected chi connectivity index (χ1v) is 9.88. The molecule has 2 N–H and O–H groups in total. The van der Waals surface area contributed by atoms with Crippen molar-refractivity contribution in [2.45, 2.75) is 53.6 Å². The van der Waals surface area contributed by atoms with Gasteiger partial charge >= 0.3 is 0 Å². The quantitative estimate of drug-likeness (QED) is 0.646. The van der Waals surface area contributed by atoms with Gasteiger partial charge in [-0.1, -0.05) is 39.0 Å². The second-order valence-electron chi connectivity index (χ2n) is 7.65. The van der Waals surface area contributed by atoms with Crippen LogP contribution in [0.5, 0.6) is 0 Å². The molecule has 1 atom stereocenters. The molecule has 0 radical (unpaired) electrons. The number of rotatable bonds is 6. The van der Waals surface area contributed by atoms with Crippen LogP contribution in [0.25, 0.3) is 10.3 Å². The Labute approximate surface area is 159 Å². The van der Waals surface area contributed by atoms with Crippen molar-refractivity contribution >= 4 is 32.6 Å². The number of thiazole rings is 1. The van der Waals surface area contributed by atoms with Gasteiger partial charge in [0, 0.05) is 24.5 Å². The number of pyridine rings is 2. The summed E-state index contributed by atoms with van der Waals surface area (Å²) in [6.45, 7) is 11.9. The highest BCUT2D eigenvalue weighted by Gasteiger charge is 2.19. The standard InChI is InChI=1S/C20H27N5S/c1-6-15-10-14(12-22-13(2)20(3,4)5)11-17(23-15)25-19-24-16-8-7-9-21-18(16)26-19/h7-11,13,22H,6,12H2,1-5H3,(H,23,24,25)/t13-/m0/s1. The summed E-state index contributed by atoms with van der Waals surface area (Å²) in [6, 6.07) is 8.58. The number of hydrogen-bond donors (Lipinski definition) is 2. The summed E-state index contributed by atoms with van der Waals surface area (Å²) in [4.78, 5) is 14.6. The molecule has 0 aliphatic rings. The molecule has 5 nitrogen and oxygen atoms in total. The van der Waals surface area contributed by atoms with E-state index in [1.165, 1.54) is 5.56 Å². The van der Waals surface area contributed by atoms with Crippen LogP contribution in [0.1, 0.15) is 45.9 Å². The highest BCUT2D eigenvalue weighted by molar-refractivity contribution is 7.21. The van der Waals surface area contributed by atoms with Crippen LogP contribution < -0.4 is 10.6 Å². The van der Waals surface area contributed by atoms with E-state index >= 15 is 0 Å². The molecule has 3 aromatic heterocycles. The molecule has 3 heterocycles. The predicted octanol–water partition coefficient (Wildman–Crippen LogP) is 4.92. The zero-order chi connectivity index (χ0) is 18.7. The van der Waals surface area contributed by atoms with Crippen LogP contribution in [0, 0.1) is 5.41 Å². The Morgan fingerprint density at radius 2 is 2.00 bits per heavy atom. The number of nitrogens with one attached hydrogen (secondary N) is 2. The molecule has 3 aromatic rings. The van der Waals surface area contributed by atoms with Crippen molar-refractivity contribution < 1.29 is 0 Å². The minimum Gasteiger partial charge on any atom is -0.316 e. The molecule has 0 fully saturated rings. The lowest BCUT2D eigenvalue weighted by molar-refractivity contribution is 0.285. The Morgan fingerprint density at radius 3 is 2.69 bits per heavy atom. The van der Waals surface area contributed by atoms with Crippen molar-refractivity contribution in [3.8, 4) is 0 Å². The Morgan fingerprint density at radius 1 is 1.19 bits per heavy atom. The number of fused-ring (bicyclic) bond motifs is 1. The van der Waals surface area contributed by atoms with Gasteiger partial charge in [0.2, 0.25) is 0 Å². The van der Waals surface area contributed by atoms with E-state index in [-0.39, 0.29) is 5.41 Å². The summed E-state index contributed by atoms with van der Waals surface area (Å²) in [6.07, 6.45) is 2.69. The minimum absolute atomic E-state index is 0.232. The molecule has 0 aliphatic carbocycles. The van der Waals surface area contributed by atoms with E-state index in [0.717, 1.165) is 40.0 Å². The van der Waals surface area contributed by atoms with Crippen molar-refractivity contribution in [1.82, 2.24) is 20.3 Å². The number of hydrogen-bond acceptors (Lipinski definition) is 6. The van der Waals surface area contributed by atoms with Crippen LogP contribution in [0.3, 0.4) is 0 Å². The van der Waals surface area contributed by atoms with Gasteiger partial charge in [-0.05, 0) is 48.6 Å². The maximum Gasteiger partial charge on any atom is 0.190 e. The Kier molecular flexibility index (Phi) is 5.53. The lowest BCUT2D eigenvalue weighted by Crippen LogP contribution is -2.37. The highest BCUT2D eigenvalue weighted by atomic mass is 32.1. The van der Waals surface area contributed by atoms with Crippen LogP contribution in [0.4, 0.5) is 10.9 Å². The number of aromatic nitrogens is 3. The van der Waals surface area contributed by atoms with Gasteiger partial charge in [-0.25, -0.2) is 15.0 Å². The van der Waals surface area contributed by atoms with Crippen molar-refractivity contribution in [2.75, 3.05) is 5.32 Å². The van der Waals surface area contributed by atoms with Crippen molar-refractivity contribution in [1.29, 1.82) is 0 Å². The molecule has 0 unspecified atom stereocenters. The van der Waals surface area contributed by atoms with Crippen molar-refractivity contribution in [3.63, 3.8) is 0 Å². The van der Waals surface area contributed by atoms with E-state index in [1.54, 1.807) is 17.5 Å². The number of nitrogens with zero attached hydrogens (tertiary/aromatic N) is 3. The third-order valence-electron chi connectivity index (χ3n) is 4.61. The smallest absolute Gasteiger partial charge is 0.190 e. The van der Waals surface area contributed by atoms with Crippen LogP contribution in [-0.4, -0.2) is 21.0 Å². The van der Waals surface area contributed by atoms with Crippen molar-refractivity contribution in [3.05, 3.63) is 41.7 Å². The van der Waals surface area contributed by atoms with E-state index in [4.69, 9.17) is 4.98 Å². The zero-order valence-corrected chi connectivity index (χ0v) is 16.9. The number of anilines is 2. The molecule has 0 bridgehead atoms. The van der Waals surface area contributed by atoms with Gasteiger partial charge in [-0.2, -0.15) is 0 Å². The first kappa shape index (κ1) is 18.7. The molecule has 26 heavy (non-hydrogen) atoms. The van der Waals surface area contributed by atoms with Crippen LogP contribution in [0.15, 0.2) is 30.5 Å². The monoisotopic (exact) mass is 369 g/mol. The van der Waals surface area contributed by atoms with Gasteiger partial charge in [-0.15, -0.1) is 0 Å². The molecule has 0 saturated carbocycles. The predicted molar refractivity (Wildman–Crippen MR) is 110 cm³/mol. The van der Waals surface area contributed by atoms with Gasteiger partial charge in [-0.3, -0.25) is 0 Å². The fraction of sp³-hybridized carbons (Fsp3) is 0.450. The Hall–Kier alpha value is -2.05. The fourth-order valence-corrected chi connectivity index (χ4v) is 3.32. The summed E-state index contributed by atoms with van der Waals surface area (Å²) >= 11 is 1.54. The molecule has 0 spiro atoms. The summed E-state index contributed by atoms with van der Waals surface area (Å²) in [5, 5.41) is 7.80. The van der Waals surface area contributed by atoms with Gasteiger partial charge in [0.1, 0.15) is 16.2 Å². The molecule has 0 aromatic carbocycles. The SMILES string of the molecule is CCc1cc(CN[C@@H](C)C(C)(C)C)cc(Nc2nc3cccnc3s2)n1. The van der Waals surface area contributed by atoms with E-state index in [1.807, 2.05) is 12.1 Å². The van der Waals surface area contributed by atoms with Crippen molar-refractivity contribution in [2.24, 2.45) is 5.41 Å². The largest absolute Gasteiger partial charge is 0.316 e. The summed E-state index contributed by atoms with van der Waals surface area (Å²) in [7, 11) is 0. The summed E-state index contributed by atoms with van der Waals surface area (Å²) < 4.78 is 0. The average molecular weight is 370 g/mol. The van der Waals surface area contributed by atoms with Gasteiger partial charge in [0.15, 0.2) is 5.13 Å². The van der Waals surface area contributed by atoms with Crippen LogP contribution in [0.2, 0.25) is 0 Å². The lowest BCUT2D eigenvalue weighted by atomic mass is 9.88. The van der Waals surface area contributed by atoms with E-state index in [9.17, 15) is 0 Å². The molecule has 6 heteroatoms. The third-order valence-corrected chi connectivity index (χ3v) is 5.51. The van der Waals surface area contributed by atoms with E-state index in [2.05, 4.69) is 67.4 Å². The molecule has 0 amide bonds. The Balaban J connectivity index is 1.78. The lowest BCUT2D eigenvalue weighted by Gasteiger charge is -2.28. The van der Waals surface area contributed by atoms with Crippen LogP contribution in [-0.2, 0) is 13.0 Å². The Bertz CT molecular complexity index is 848. The summed E-state index contributed by atoms with van der Waals surface area (Å²) in [5.74, 6) is 0.837. The molecule has 0 saturated heterocycles. The van der Waals surface area contributed by atoms with Gasteiger partial charge < -0.3 is 10.6 Å². The average Bonchev–Trinajstić information content (AvgIpc) is 3.00. The molecular weight excluding hydrogens is 342 g/mol. The second-order valence-corrected chi connectivity index (χ2v) is 8.62. The first-order valence-electron chi connectivity index (χ1n) is 9.07. The fourth-order valence-electron chi connectivity index (χ4n) is 2.51. The normalized spacial score (nSPS) is 13.1. The minimum atomic E-state index is 0.232. The first-order chi connectivity index (χ1) is 12.3. The van der Waals surface area contributed by atoms with Crippen LogP contribution >= 0.6 is 11.3 Å². The summed E-state index contributed by atoms with van der Waals surface area (Å²) in [5.41, 5.74) is 3.45. The number of aryl methyl sites for hydroxylation is 1. The highest BCUT2D eigenvalue weighted by Crippen LogP contribution is 2.26. The topological polar surface area (TPSA) is 62.7 Å². The van der Waals surface area contributed by atoms with Gasteiger partial charge in [0.25, 0.3) is 0 Å². The molecule has 138 valence electrons. The zero-order valence-electron chi connectivity index (χ0n) is 16.1. The third kappa shape index (κ3) is 4.56. The van der Waals surface area contributed by atoms with Gasteiger partial charge in [0.05, 0.1) is 0 Å².